The summed E-state index contributed by atoms with van der Waals surface area (Å²) >= 11 is 3.10. The molecule has 0 heterocycles. The molecule has 2 rings (SSSR count). The minimum Gasteiger partial charge on any atom is -0.350 e. The molecule has 0 bridgehead atoms. The smallest absolute Gasteiger partial charge is 0.240 e. The molecular weight excluding hydrogens is 347 g/mol. The topological polar surface area (TPSA) is 55.1 Å². The summed E-state index contributed by atoms with van der Waals surface area (Å²) in [6.45, 7) is 0.308. The second kappa shape index (κ2) is 7.38. The Balaban J connectivity index is 0.00000200. The van der Waals surface area contributed by atoms with Gasteiger partial charge in [-0.15, -0.1) is 12.4 Å². The average Bonchev–Trinajstić information content (AvgIpc) is 2.40. The molecule has 0 spiro atoms. The summed E-state index contributed by atoms with van der Waals surface area (Å²) < 4.78 is 13.8. The lowest BCUT2D eigenvalue weighted by atomic mass is 9.82. The largest absolute Gasteiger partial charge is 0.350 e. The van der Waals surface area contributed by atoms with Gasteiger partial charge in [0.05, 0.1) is 10.0 Å². The van der Waals surface area contributed by atoms with Crippen LogP contribution in [0, 0.1) is 5.82 Å². The van der Waals surface area contributed by atoms with E-state index in [9.17, 15) is 9.18 Å². The minimum atomic E-state index is -0.744. The lowest BCUT2D eigenvalue weighted by molar-refractivity contribution is -0.127. The van der Waals surface area contributed by atoms with Crippen LogP contribution in [-0.4, -0.2) is 11.4 Å². The van der Waals surface area contributed by atoms with Crippen LogP contribution in [0.3, 0.4) is 0 Å². The summed E-state index contributed by atoms with van der Waals surface area (Å²) in [6, 6.07) is 4.82. The van der Waals surface area contributed by atoms with Crippen LogP contribution in [0.1, 0.15) is 37.7 Å². The number of benzene rings is 1. The molecule has 0 saturated heterocycles. The first-order valence-electron chi connectivity index (χ1n) is 6.52. The molecule has 3 nitrogen and oxygen atoms in total. The molecule has 1 aliphatic rings. The third-order valence-corrected chi connectivity index (χ3v) is 4.28. The van der Waals surface area contributed by atoms with Crippen LogP contribution in [0.5, 0.6) is 0 Å². The Hall–Kier alpha value is -0.650. The lowest BCUT2D eigenvalue weighted by Crippen LogP contribution is -2.54. The second-order valence-electron chi connectivity index (χ2n) is 5.15. The first-order valence-corrected chi connectivity index (χ1v) is 7.32. The zero-order chi connectivity index (χ0) is 13.9. The molecule has 3 N–H and O–H groups in total. The Bertz CT molecular complexity index is 478. The van der Waals surface area contributed by atoms with Gasteiger partial charge in [0.1, 0.15) is 5.82 Å². The van der Waals surface area contributed by atoms with Crippen molar-refractivity contribution in [3.8, 4) is 0 Å². The van der Waals surface area contributed by atoms with Gasteiger partial charge in [-0.05, 0) is 46.5 Å². The predicted molar refractivity (Wildman–Crippen MR) is 83.2 cm³/mol. The Morgan fingerprint density at radius 1 is 1.35 bits per heavy atom. The standard InChI is InChI=1S/C14H18BrFN2O.ClH/c15-11-5-4-10(8-12(11)16)9-18-13(19)14(17)6-2-1-3-7-14;/h4-5,8H,1-3,6-7,9,17H2,(H,18,19);1H. The molecule has 1 amide bonds. The van der Waals surface area contributed by atoms with Crippen LogP contribution >= 0.6 is 28.3 Å². The third-order valence-electron chi connectivity index (χ3n) is 3.64. The monoisotopic (exact) mass is 364 g/mol. The number of nitrogens with two attached hydrogens (primary N) is 1. The highest BCUT2D eigenvalue weighted by Gasteiger charge is 2.34. The molecule has 6 heteroatoms. The Labute approximate surface area is 133 Å². The maximum Gasteiger partial charge on any atom is 0.240 e. The number of carbonyl (C=O) groups is 1. The van der Waals surface area contributed by atoms with E-state index in [1.54, 1.807) is 12.1 Å². The van der Waals surface area contributed by atoms with Crippen molar-refractivity contribution < 1.29 is 9.18 Å². The first-order chi connectivity index (χ1) is 9.01. The van der Waals surface area contributed by atoms with E-state index in [2.05, 4.69) is 21.2 Å². The molecule has 1 fully saturated rings. The van der Waals surface area contributed by atoms with Gasteiger partial charge in [-0.1, -0.05) is 25.3 Å². The maximum atomic E-state index is 13.3. The van der Waals surface area contributed by atoms with Gasteiger partial charge in [-0.2, -0.15) is 0 Å². The number of amides is 1. The molecule has 1 aromatic carbocycles. The van der Waals surface area contributed by atoms with Crippen LogP contribution in [0.15, 0.2) is 22.7 Å². The SMILES string of the molecule is Cl.NC1(C(=O)NCc2ccc(Br)c(F)c2)CCCCC1. The van der Waals surface area contributed by atoms with Crippen molar-refractivity contribution >= 4 is 34.2 Å². The normalized spacial score (nSPS) is 17.1. The van der Waals surface area contributed by atoms with Crippen molar-refractivity contribution in [3.05, 3.63) is 34.1 Å². The quantitative estimate of drug-likeness (QED) is 0.863. The van der Waals surface area contributed by atoms with Crippen molar-refractivity contribution in [2.45, 2.75) is 44.2 Å². The summed E-state index contributed by atoms with van der Waals surface area (Å²) in [7, 11) is 0. The van der Waals surface area contributed by atoms with Crippen LogP contribution in [0.25, 0.3) is 0 Å². The Kier molecular flexibility index (Phi) is 6.43. The summed E-state index contributed by atoms with van der Waals surface area (Å²) in [5.41, 5.74) is 6.11. The van der Waals surface area contributed by atoms with Gasteiger partial charge in [0, 0.05) is 6.54 Å². The number of rotatable bonds is 3. The van der Waals surface area contributed by atoms with Crippen LogP contribution < -0.4 is 11.1 Å². The summed E-state index contributed by atoms with van der Waals surface area (Å²) in [6.07, 6.45) is 4.60. The van der Waals surface area contributed by atoms with E-state index >= 15 is 0 Å². The predicted octanol–water partition coefficient (Wildman–Crippen LogP) is 3.29. The van der Waals surface area contributed by atoms with Crippen molar-refractivity contribution in [1.82, 2.24) is 5.32 Å². The van der Waals surface area contributed by atoms with E-state index < -0.39 is 5.54 Å². The number of hydrogen-bond acceptors (Lipinski definition) is 2. The zero-order valence-electron chi connectivity index (χ0n) is 11.1. The molecule has 0 atom stereocenters. The zero-order valence-corrected chi connectivity index (χ0v) is 13.5. The maximum absolute atomic E-state index is 13.3. The third kappa shape index (κ3) is 4.17. The number of nitrogens with one attached hydrogen (secondary N) is 1. The molecule has 1 aromatic rings. The van der Waals surface area contributed by atoms with Gasteiger partial charge in [0.2, 0.25) is 5.91 Å². The molecule has 20 heavy (non-hydrogen) atoms. The van der Waals surface area contributed by atoms with Crippen molar-refractivity contribution in [3.63, 3.8) is 0 Å². The van der Waals surface area contributed by atoms with Crippen molar-refractivity contribution in [2.75, 3.05) is 0 Å². The molecule has 0 aliphatic heterocycles. The fourth-order valence-electron chi connectivity index (χ4n) is 2.42. The van der Waals surface area contributed by atoms with Gasteiger partial charge in [0.15, 0.2) is 0 Å². The molecule has 0 radical (unpaired) electrons. The number of carbonyl (C=O) groups excluding carboxylic acids is 1. The Morgan fingerprint density at radius 2 is 2.00 bits per heavy atom. The highest BCUT2D eigenvalue weighted by atomic mass is 79.9. The van der Waals surface area contributed by atoms with Crippen molar-refractivity contribution in [2.24, 2.45) is 5.73 Å². The first kappa shape index (κ1) is 17.4. The highest BCUT2D eigenvalue weighted by molar-refractivity contribution is 9.10. The van der Waals surface area contributed by atoms with Crippen molar-refractivity contribution in [1.29, 1.82) is 0 Å². The van der Waals surface area contributed by atoms with Gasteiger partial charge in [-0.25, -0.2) is 4.39 Å². The molecule has 1 saturated carbocycles. The summed E-state index contributed by atoms with van der Waals surface area (Å²) in [5.74, 6) is -0.456. The van der Waals surface area contributed by atoms with E-state index in [4.69, 9.17) is 5.73 Å². The fourth-order valence-corrected chi connectivity index (χ4v) is 2.66. The summed E-state index contributed by atoms with van der Waals surface area (Å²) in [4.78, 5) is 12.1. The lowest BCUT2D eigenvalue weighted by Gasteiger charge is -2.31. The van der Waals surface area contributed by atoms with Gasteiger partial charge >= 0.3 is 0 Å². The van der Waals surface area contributed by atoms with Gasteiger partial charge in [0.25, 0.3) is 0 Å². The molecule has 112 valence electrons. The van der Waals surface area contributed by atoms with E-state index in [-0.39, 0.29) is 24.1 Å². The molecule has 0 unspecified atom stereocenters. The van der Waals surface area contributed by atoms with E-state index in [0.29, 0.717) is 11.0 Å². The molecule has 1 aliphatic carbocycles. The van der Waals surface area contributed by atoms with Gasteiger partial charge < -0.3 is 11.1 Å². The van der Waals surface area contributed by atoms with E-state index in [1.807, 2.05) is 0 Å². The average molecular weight is 366 g/mol. The highest BCUT2D eigenvalue weighted by Crippen LogP contribution is 2.26. The van der Waals surface area contributed by atoms with Crippen LogP contribution in [0.2, 0.25) is 0 Å². The van der Waals surface area contributed by atoms with E-state index in [1.165, 1.54) is 6.07 Å². The second-order valence-corrected chi connectivity index (χ2v) is 6.00. The number of halogens is 3. The molecular formula is C14H19BrClFN2O. The summed E-state index contributed by atoms with van der Waals surface area (Å²) in [5, 5.41) is 2.81. The Morgan fingerprint density at radius 3 is 2.60 bits per heavy atom. The molecule has 0 aromatic heterocycles. The van der Waals surface area contributed by atoms with Crippen LogP contribution in [-0.2, 0) is 11.3 Å². The number of hydrogen-bond donors (Lipinski definition) is 2. The van der Waals surface area contributed by atoms with Crippen LogP contribution in [0.4, 0.5) is 4.39 Å². The van der Waals surface area contributed by atoms with E-state index in [0.717, 1.165) is 37.7 Å². The van der Waals surface area contributed by atoms with Gasteiger partial charge in [-0.3, -0.25) is 4.79 Å². The fraction of sp³-hybridized carbons (Fsp3) is 0.500. The minimum absolute atomic E-state index is 0.